The van der Waals surface area contributed by atoms with Gasteiger partial charge < -0.3 is 10.1 Å². The van der Waals surface area contributed by atoms with E-state index < -0.39 is 0 Å². The first-order chi connectivity index (χ1) is 11.2. The average Bonchev–Trinajstić information content (AvgIpc) is 2.86. The number of phenols is 1. The summed E-state index contributed by atoms with van der Waals surface area (Å²) in [6.07, 6.45) is 3.75. The molecule has 0 radical (unpaired) electrons. The molecule has 0 spiro atoms. The number of hydrogen-bond acceptors (Lipinski definition) is 2. The van der Waals surface area contributed by atoms with Crippen LogP contribution in [0.1, 0.15) is 43.9 Å². The number of rotatable bonds is 1. The van der Waals surface area contributed by atoms with Crippen molar-refractivity contribution in [1.29, 1.82) is 0 Å². The first-order valence-electron chi connectivity index (χ1n) is 9.25. The van der Waals surface area contributed by atoms with Gasteiger partial charge in [0.05, 0.1) is 0 Å². The zero-order valence-corrected chi connectivity index (χ0v) is 14.0. The van der Waals surface area contributed by atoms with Crippen molar-refractivity contribution in [2.75, 3.05) is 13.1 Å². The van der Waals surface area contributed by atoms with E-state index in [0.29, 0.717) is 17.7 Å². The number of piperidine rings is 2. The topological polar surface area (TPSA) is 39.3 Å². The van der Waals surface area contributed by atoms with Gasteiger partial charge in [0.2, 0.25) is 0 Å². The molecule has 6 atom stereocenters. The molecular weight excluding hydrogens is 284 g/mol. The van der Waals surface area contributed by atoms with Gasteiger partial charge in [-0.1, -0.05) is 20.3 Å². The van der Waals surface area contributed by atoms with Crippen LogP contribution in [0.4, 0.5) is 0 Å². The van der Waals surface area contributed by atoms with Gasteiger partial charge in [0.1, 0.15) is 5.75 Å². The van der Waals surface area contributed by atoms with Gasteiger partial charge in [-0.15, -0.1) is 0 Å². The predicted molar refractivity (Wildman–Crippen MR) is 92.8 cm³/mol. The molecule has 3 fully saturated rings. The molecule has 23 heavy (non-hydrogen) atoms. The van der Waals surface area contributed by atoms with Crippen LogP contribution < -0.4 is 0 Å². The number of nitrogens with one attached hydrogen (secondary N) is 1. The summed E-state index contributed by atoms with van der Waals surface area (Å²) < 4.78 is 0. The fraction of sp³-hybridized carbons (Fsp3) is 0.600. The highest BCUT2D eigenvalue weighted by Crippen LogP contribution is 2.53. The van der Waals surface area contributed by atoms with Gasteiger partial charge in [-0.05, 0) is 54.4 Å². The molecular formula is C20H26N2O. The number of benzene rings is 1. The Bertz CT molecular complexity index is 764. The Morgan fingerprint density at radius 1 is 1.35 bits per heavy atom. The highest BCUT2D eigenvalue weighted by molar-refractivity contribution is 5.86. The Kier molecular flexibility index (Phi) is 2.88. The highest BCUT2D eigenvalue weighted by Gasteiger charge is 2.51. The zero-order chi connectivity index (χ0) is 15.7. The lowest BCUT2D eigenvalue weighted by atomic mass is 9.60. The second-order valence-corrected chi connectivity index (χ2v) is 8.02. The second-order valence-electron chi connectivity index (χ2n) is 8.02. The van der Waals surface area contributed by atoms with Crippen molar-refractivity contribution in [3.05, 3.63) is 29.5 Å². The Morgan fingerprint density at radius 3 is 3.04 bits per heavy atom. The van der Waals surface area contributed by atoms with E-state index in [9.17, 15) is 5.11 Å². The lowest BCUT2D eigenvalue weighted by Crippen LogP contribution is -2.59. The van der Waals surface area contributed by atoms with Crippen LogP contribution in [-0.4, -0.2) is 34.1 Å². The fourth-order valence-electron chi connectivity index (χ4n) is 6.07. The van der Waals surface area contributed by atoms with Gasteiger partial charge in [-0.3, -0.25) is 4.90 Å². The van der Waals surface area contributed by atoms with Crippen LogP contribution in [0.25, 0.3) is 10.9 Å². The highest BCUT2D eigenvalue weighted by atomic mass is 16.3. The summed E-state index contributed by atoms with van der Waals surface area (Å²) in [4.78, 5) is 6.53. The third-order valence-corrected chi connectivity index (χ3v) is 7.13. The van der Waals surface area contributed by atoms with Gasteiger partial charge >= 0.3 is 0 Å². The molecule has 6 rings (SSSR count). The lowest BCUT2D eigenvalue weighted by Gasteiger charge is -2.56. The molecule has 3 heteroatoms. The van der Waals surface area contributed by atoms with E-state index in [2.05, 4.69) is 23.7 Å². The average molecular weight is 310 g/mol. The lowest BCUT2D eigenvalue weighted by molar-refractivity contribution is -0.0540. The molecule has 1 aromatic heterocycles. The molecule has 4 bridgehead atoms. The number of aromatic hydroxyl groups is 1. The molecule has 3 nitrogen and oxygen atoms in total. The van der Waals surface area contributed by atoms with Crippen molar-refractivity contribution in [2.45, 2.75) is 45.1 Å². The Hall–Kier alpha value is -1.48. The van der Waals surface area contributed by atoms with Gasteiger partial charge in [0, 0.05) is 41.6 Å². The van der Waals surface area contributed by atoms with Crippen LogP contribution in [0, 0.1) is 17.8 Å². The summed E-state index contributed by atoms with van der Waals surface area (Å²) in [5, 5.41) is 11.1. The minimum atomic E-state index is 0.383. The molecule has 1 saturated carbocycles. The van der Waals surface area contributed by atoms with Crippen molar-refractivity contribution in [3.8, 4) is 5.75 Å². The van der Waals surface area contributed by atoms with Crippen molar-refractivity contribution >= 4 is 10.9 Å². The molecule has 2 N–H and O–H groups in total. The Labute approximate surface area is 137 Å². The van der Waals surface area contributed by atoms with Gasteiger partial charge in [0.15, 0.2) is 0 Å². The number of fused-ring (bicyclic) bond motifs is 4. The zero-order valence-electron chi connectivity index (χ0n) is 14.0. The molecule has 4 heterocycles. The summed E-state index contributed by atoms with van der Waals surface area (Å²) in [6.45, 7) is 7.34. The molecule has 2 saturated heterocycles. The first-order valence-corrected chi connectivity index (χ1v) is 9.25. The van der Waals surface area contributed by atoms with Crippen LogP contribution in [-0.2, 0) is 6.42 Å². The Morgan fingerprint density at radius 2 is 2.22 bits per heavy atom. The molecule has 1 aromatic carbocycles. The van der Waals surface area contributed by atoms with E-state index in [1.807, 2.05) is 12.1 Å². The standard InChI is InChI=1S/C20H26N2O/c1-3-14-11(2)12-8-17-19-15(6-7-22(10-12)20(14)17)16-9-13(23)4-5-18(16)21-19/h4-5,9,11-12,14,17,20-21,23H,3,6-8,10H2,1-2H3/t11-,12-,14-,17-,20?/m0/s1. The summed E-state index contributed by atoms with van der Waals surface area (Å²) in [5.41, 5.74) is 4.15. The van der Waals surface area contributed by atoms with E-state index in [1.54, 1.807) is 6.07 Å². The molecule has 3 aliphatic heterocycles. The van der Waals surface area contributed by atoms with Gasteiger partial charge in [0.25, 0.3) is 0 Å². The normalized spacial score (nSPS) is 38.5. The van der Waals surface area contributed by atoms with Gasteiger partial charge in [-0.2, -0.15) is 0 Å². The molecule has 122 valence electrons. The predicted octanol–water partition coefficient (Wildman–Crippen LogP) is 3.88. The van der Waals surface area contributed by atoms with E-state index in [4.69, 9.17) is 0 Å². The minimum absolute atomic E-state index is 0.383. The number of hydrogen-bond donors (Lipinski definition) is 2. The van der Waals surface area contributed by atoms with Crippen molar-refractivity contribution < 1.29 is 5.11 Å². The van der Waals surface area contributed by atoms with Crippen LogP contribution in [0.2, 0.25) is 0 Å². The number of nitrogens with zero attached hydrogens (tertiary/aromatic N) is 1. The molecule has 2 unspecified atom stereocenters. The van der Waals surface area contributed by atoms with Crippen LogP contribution in [0.3, 0.4) is 0 Å². The van der Waals surface area contributed by atoms with Crippen LogP contribution >= 0.6 is 0 Å². The largest absolute Gasteiger partial charge is 0.508 e. The second kappa shape index (κ2) is 4.76. The maximum atomic E-state index is 9.90. The maximum absolute atomic E-state index is 9.90. The number of aromatic amines is 1. The first kappa shape index (κ1) is 13.9. The SMILES string of the molecule is CC[C@@H]1C2[C@H]3C[C@@H](CN2CCc2c3[nH]c3ccc(O)cc23)[C@@H]1C. The van der Waals surface area contributed by atoms with Crippen molar-refractivity contribution in [1.82, 2.24) is 9.88 Å². The smallest absolute Gasteiger partial charge is 0.116 e. The molecule has 4 aliphatic rings. The third kappa shape index (κ3) is 1.80. The van der Waals surface area contributed by atoms with Crippen molar-refractivity contribution in [2.24, 2.45) is 17.8 Å². The van der Waals surface area contributed by atoms with E-state index in [-0.39, 0.29) is 0 Å². The monoisotopic (exact) mass is 310 g/mol. The third-order valence-electron chi connectivity index (χ3n) is 7.13. The quantitative estimate of drug-likeness (QED) is 0.839. The number of aromatic nitrogens is 1. The van der Waals surface area contributed by atoms with E-state index >= 15 is 0 Å². The summed E-state index contributed by atoms with van der Waals surface area (Å²) in [7, 11) is 0. The maximum Gasteiger partial charge on any atom is 0.116 e. The van der Waals surface area contributed by atoms with Crippen LogP contribution in [0.5, 0.6) is 5.75 Å². The summed E-state index contributed by atoms with van der Waals surface area (Å²) in [5.74, 6) is 3.58. The van der Waals surface area contributed by atoms with Crippen molar-refractivity contribution in [3.63, 3.8) is 0 Å². The van der Waals surface area contributed by atoms with Crippen LogP contribution in [0.15, 0.2) is 18.2 Å². The number of H-pyrrole nitrogens is 1. The Balaban J connectivity index is 1.68. The van der Waals surface area contributed by atoms with Gasteiger partial charge in [-0.25, -0.2) is 0 Å². The molecule has 2 aromatic rings. The minimum Gasteiger partial charge on any atom is -0.508 e. The summed E-state index contributed by atoms with van der Waals surface area (Å²) in [6, 6.07) is 6.50. The number of phenolic OH excluding ortho intramolecular Hbond substituents is 1. The van der Waals surface area contributed by atoms with E-state index in [1.165, 1.54) is 48.1 Å². The molecule has 1 aliphatic carbocycles. The molecule has 0 amide bonds. The fourth-order valence-corrected chi connectivity index (χ4v) is 6.07. The summed E-state index contributed by atoms with van der Waals surface area (Å²) >= 11 is 0. The van der Waals surface area contributed by atoms with E-state index in [0.717, 1.165) is 24.2 Å².